The molecule has 0 saturated carbocycles. The van der Waals surface area contributed by atoms with Crippen LogP contribution in [0, 0.1) is 5.92 Å². The number of ether oxygens (including phenoxy) is 2. The molecule has 1 aliphatic heterocycles. The molecule has 22 heavy (non-hydrogen) atoms. The third kappa shape index (κ3) is 6.09. The second kappa shape index (κ2) is 7.67. The lowest BCUT2D eigenvalue weighted by atomic mass is 9.90. The quantitative estimate of drug-likeness (QED) is 0.828. The lowest BCUT2D eigenvalue weighted by molar-refractivity contribution is 0.0257. The summed E-state index contributed by atoms with van der Waals surface area (Å²) in [4.78, 5) is 25.3. The van der Waals surface area contributed by atoms with E-state index in [0.29, 0.717) is 26.1 Å². The smallest absolute Gasteiger partial charge is 0.409 e. The summed E-state index contributed by atoms with van der Waals surface area (Å²) >= 11 is 0. The first-order valence-electron chi connectivity index (χ1n) is 7.71. The van der Waals surface area contributed by atoms with Crippen molar-refractivity contribution in [2.24, 2.45) is 5.92 Å². The highest BCUT2D eigenvalue weighted by Crippen LogP contribution is 2.21. The SMILES string of the molecule is CCOC(=O)N1CC(NC(=O)OC(C)(C)C)CC(C(C)O)C1. The van der Waals surface area contributed by atoms with Crippen LogP contribution in [0.3, 0.4) is 0 Å². The van der Waals surface area contributed by atoms with Gasteiger partial charge in [-0.15, -0.1) is 0 Å². The number of alkyl carbamates (subject to hydrolysis) is 1. The molecule has 0 radical (unpaired) electrons. The summed E-state index contributed by atoms with van der Waals surface area (Å²) in [6.45, 7) is 9.85. The normalized spacial score (nSPS) is 23.6. The van der Waals surface area contributed by atoms with Crippen LogP contribution >= 0.6 is 0 Å². The summed E-state index contributed by atoms with van der Waals surface area (Å²) in [6.07, 6.45) is -0.927. The summed E-state index contributed by atoms with van der Waals surface area (Å²) in [5.41, 5.74) is -0.580. The number of hydrogen-bond acceptors (Lipinski definition) is 5. The van der Waals surface area contributed by atoms with Gasteiger partial charge in [-0.2, -0.15) is 0 Å². The average Bonchev–Trinajstić information content (AvgIpc) is 2.36. The molecule has 2 amide bonds. The lowest BCUT2D eigenvalue weighted by Gasteiger charge is -2.38. The van der Waals surface area contributed by atoms with E-state index < -0.39 is 23.9 Å². The molecule has 3 unspecified atom stereocenters. The second-order valence-corrected chi connectivity index (χ2v) is 6.68. The van der Waals surface area contributed by atoms with Crippen LogP contribution in [0.4, 0.5) is 9.59 Å². The van der Waals surface area contributed by atoms with E-state index in [-0.39, 0.29) is 12.0 Å². The highest BCUT2D eigenvalue weighted by atomic mass is 16.6. The van der Waals surface area contributed by atoms with Crippen LogP contribution in [0.2, 0.25) is 0 Å². The molecule has 1 fully saturated rings. The van der Waals surface area contributed by atoms with Gasteiger partial charge in [0.2, 0.25) is 0 Å². The van der Waals surface area contributed by atoms with Crippen molar-refractivity contribution in [2.45, 2.75) is 58.8 Å². The Morgan fingerprint density at radius 1 is 1.36 bits per heavy atom. The first-order chi connectivity index (χ1) is 10.1. The van der Waals surface area contributed by atoms with E-state index in [0.717, 1.165) is 0 Å². The van der Waals surface area contributed by atoms with E-state index in [2.05, 4.69) is 5.32 Å². The van der Waals surface area contributed by atoms with Gasteiger partial charge in [-0.05, 0) is 41.0 Å². The number of hydrogen-bond donors (Lipinski definition) is 2. The van der Waals surface area contributed by atoms with Crippen molar-refractivity contribution < 1.29 is 24.2 Å². The van der Waals surface area contributed by atoms with Crippen molar-refractivity contribution in [3.8, 4) is 0 Å². The predicted octanol–water partition coefficient (Wildman–Crippen LogP) is 1.74. The van der Waals surface area contributed by atoms with Crippen molar-refractivity contribution in [1.82, 2.24) is 10.2 Å². The zero-order valence-electron chi connectivity index (χ0n) is 14.1. The van der Waals surface area contributed by atoms with Gasteiger partial charge in [0, 0.05) is 19.0 Å². The van der Waals surface area contributed by atoms with Crippen molar-refractivity contribution in [2.75, 3.05) is 19.7 Å². The molecule has 7 heteroatoms. The monoisotopic (exact) mass is 316 g/mol. The second-order valence-electron chi connectivity index (χ2n) is 6.68. The Labute approximate surface area is 131 Å². The fraction of sp³-hybridized carbons (Fsp3) is 0.867. The summed E-state index contributed by atoms with van der Waals surface area (Å²) in [6, 6.07) is -0.271. The third-order valence-electron chi connectivity index (χ3n) is 3.41. The Hall–Kier alpha value is -1.50. The van der Waals surface area contributed by atoms with E-state index in [9.17, 15) is 14.7 Å². The van der Waals surface area contributed by atoms with Gasteiger partial charge in [0.15, 0.2) is 0 Å². The number of likely N-dealkylation sites (tertiary alicyclic amines) is 1. The molecular weight excluding hydrogens is 288 g/mol. The number of amides is 2. The predicted molar refractivity (Wildman–Crippen MR) is 81.5 cm³/mol. The van der Waals surface area contributed by atoms with Crippen LogP contribution < -0.4 is 5.32 Å². The van der Waals surface area contributed by atoms with E-state index >= 15 is 0 Å². The number of carbonyl (C=O) groups is 2. The van der Waals surface area contributed by atoms with E-state index in [1.165, 1.54) is 4.90 Å². The van der Waals surface area contributed by atoms with Crippen molar-refractivity contribution in [3.63, 3.8) is 0 Å². The molecular formula is C15H28N2O5. The summed E-state index contributed by atoms with van der Waals surface area (Å²) in [5, 5.41) is 12.6. The first-order valence-corrected chi connectivity index (χ1v) is 7.71. The fourth-order valence-electron chi connectivity index (χ4n) is 2.43. The molecule has 1 aliphatic rings. The fourth-order valence-corrected chi connectivity index (χ4v) is 2.43. The Morgan fingerprint density at radius 3 is 2.50 bits per heavy atom. The van der Waals surface area contributed by atoms with Gasteiger partial charge in [-0.25, -0.2) is 9.59 Å². The van der Waals surface area contributed by atoms with Crippen LogP contribution in [-0.4, -0.2) is 59.6 Å². The van der Waals surface area contributed by atoms with Crippen molar-refractivity contribution in [1.29, 1.82) is 0 Å². The third-order valence-corrected chi connectivity index (χ3v) is 3.41. The number of rotatable bonds is 3. The molecule has 2 N–H and O–H groups in total. The van der Waals surface area contributed by atoms with Gasteiger partial charge in [0.05, 0.1) is 18.8 Å². The van der Waals surface area contributed by atoms with Gasteiger partial charge >= 0.3 is 12.2 Å². The minimum absolute atomic E-state index is 0.113. The van der Waals surface area contributed by atoms with E-state index in [4.69, 9.17) is 9.47 Å². The van der Waals surface area contributed by atoms with Gasteiger partial charge in [-0.3, -0.25) is 0 Å². The minimum Gasteiger partial charge on any atom is -0.450 e. The van der Waals surface area contributed by atoms with Gasteiger partial charge in [0.25, 0.3) is 0 Å². The number of carbonyl (C=O) groups excluding carboxylic acids is 2. The standard InChI is InChI=1S/C15H28N2O5/c1-6-21-14(20)17-8-11(10(2)18)7-12(9-17)16-13(19)22-15(3,4)5/h10-12,18H,6-9H2,1-5H3,(H,16,19). The number of aliphatic hydroxyl groups is 1. The molecule has 1 heterocycles. The first kappa shape index (κ1) is 18.5. The van der Waals surface area contributed by atoms with Gasteiger partial charge in [-0.1, -0.05) is 0 Å². The number of piperidine rings is 1. The van der Waals surface area contributed by atoms with Crippen LogP contribution in [0.25, 0.3) is 0 Å². The summed E-state index contributed by atoms with van der Waals surface area (Å²) in [7, 11) is 0. The van der Waals surface area contributed by atoms with E-state index in [1.807, 2.05) is 0 Å². The maximum Gasteiger partial charge on any atom is 0.409 e. The number of nitrogens with one attached hydrogen (secondary N) is 1. The van der Waals surface area contributed by atoms with Crippen LogP contribution in [0.1, 0.15) is 41.0 Å². The van der Waals surface area contributed by atoms with Crippen LogP contribution in [0.15, 0.2) is 0 Å². The molecule has 0 aliphatic carbocycles. The molecule has 3 atom stereocenters. The zero-order valence-corrected chi connectivity index (χ0v) is 14.1. The zero-order chi connectivity index (χ0) is 16.9. The minimum atomic E-state index is -0.580. The molecule has 0 aromatic rings. The Morgan fingerprint density at radius 2 is 2.00 bits per heavy atom. The van der Waals surface area contributed by atoms with Gasteiger partial charge in [0.1, 0.15) is 5.60 Å². The Kier molecular flexibility index (Phi) is 6.47. The van der Waals surface area contributed by atoms with Crippen molar-refractivity contribution in [3.05, 3.63) is 0 Å². The molecule has 1 rings (SSSR count). The van der Waals surface area contributed by atoms with Crippen LogP contribution in [0.5, 0.6) is 0 Å². The number of aliphatic hydroxyl groups excluding tert-OH is 1. The molecule has 1 saturated heterocycles. The van der Waals surface area contributed by atoms with E-state index in [1.54, 1.807) is 34.6 Å². The maximum absolute atomic E-state index is 11.9. The maximum atomic E-state index is 11.9. The highest BCUT2D eigenvalue weighted by Gasteiger charge is 2.34. The van der Waals surface area contributed by atoms with Crippen LogP contribution in [-0.2, 0) is 9.47 Å². The lowest BCUT2D eigenvalue weighted by Crippen LogP contribution is -2.55. The average molecular weight is 316 g/mol. The molecule has 0 bridgehead atoms. The summed E-state index contributed by atoms with van der Waals surface area (Å²) < 4.78 is 10.2. The molecule has 128 valence electrons. The topological polar surface area (TPSA) is 88.1 Å². The van der Waals surface area contributed by atoms with Gasteiger partial charge < -0.3 is 24.8 Å². The molecule has 0 aromatic carbocycles. The molecule has 0 aromatic heterocycles. The molecule has 7 nitrogen and oxygen atoms in total. The highest BCUT2D eigenvalue weighted by molar-refractivity contribution is 5.69. The Bertz CT molecular complexity index is 392. The summed E-state index contributed by atoms with van der Waals surface area (Å²) in [5.74, 6) is -0.113. The Balaban J connectivity index is 2.68. The van der Waals surface area contributed by atoms with Crippen molar-refractivity contribution >= 4 is 12.2 Å². The largest absolute Gasteiger partial charge is 0.450 e. The number of nitrogens with zero attached hydrogens (tertiary/aromatic N) is 1. The molecule has 0 spiro atoms.